The Morgan fingerprint density at radius 2 is 1.82 bits per heavy atom. The quantitative estimate of drug-likeness (QED) is 0.855. The SMILES string of the molecule is Cc1c(NC(=O)C2CN(C)c3ccccc3O2)cccc1C(=O)NC(C)(C)C. The highest BCUT2D eigenvalue weighted by Crippen LogP contribution is 2.32. The lowest BCUT2D eigenvalue weighted by Crippen LogP contribution is -2.45. The third-order valence-electron chi connectivity index (χ3n) is 4.60. The molecule has 0 saturated heterocycles. The molecule has 0 saturated carbocycles. The van der Waals surface area contributed by atoms with Gasteiger partial charge in [0.25, 0.3) is 11.8 Å². The fraction of sp³-hybridized carbons (Fsp3) is 0.364. The van der Waals surface area contributed by atoms with Gasteiger partial charge in [-0.05, 0) is 57.5 Å². The summed E-state index contributed by atoms with van der Waals surface area (Å²) in [6, 6.07) is 13.0. The van der Waals surface area contributed by atoms with Crippen molar-refractivity contribution in [3.05, 3.63) is 53.6 Å². The predicted molar refractivity (Wildman–Crippen MR) is 111 cm³/mol. The Morgan fingerprint density at radius 3 is 2.54 bits per heavy atom. The lowest BCUT2D eigenvalue weighted by atomic mass is 10.0. The average molecular weight is 381 g/mol. The zero-order valence-electron chi connectivity index (χ0n) is 17.0. The van der Waals surface area contributed by atoms with Gasteiger partial charge in [0.2, 0.25) is 0 Å². The largest absolute Gasteiger partial charge is 0.477 e. The van der Waals surface area contributed by atoms with E-state index in [1.54, 1.807) is 18.2 Å². The second-order valence-corrected chi connectivity index (χ2v) is 8.13. The monoisotopic (exact) mass is 381 g/mol. The maximum atomic E-state index is 12.8. The van der Waals surface area contributed by atoms with Crippen molar-refractivity contribution in [2.24, 2.45) is 0 Å². The van der Waals surface area contributed by atoms with Crippen LogP contribution in [0.5, 0.6) is 5.75 Å². The summed E-state index contributed by atoms with van der Waals surface area (Å²) in [5.41, 5.74) is 2.50. The first-order chi connectivity index (χ1) is 13.2. The number of carbonyl (C=O) groups excluding carboxylic acids is 2. The summed E-state index contributed by atoms with van der Waals surface area (Å²) in [6.45, 7) is 8.07. The predicted octanol–water partition coefficient (Wildman–Crippen LogP) is 3.36. The van der Waals surface area contributed by atoms with E-state index in [0.717, 1.165) is 11.3 Å². The van der Waals surface area contributed by atoms with E-state index in [0.29, 0.717) is 23.5 Å². The Hall–Kier alpha value is -3.02. The Kier molecular flexibility index (Phi) is 5.31. The number of para-hydroxylation sites is 2. The second-order valence-electron chi connectivity index (χ2n) is 8.13. The number of ether oxygens (including phenoxy) is 1. The van der Waals surface area contributed by atoms with Crippen molar-refractivity contribution in [3.63, 3.8) is 0 Å². The average Bonchev–Trinajstić information content (AvgIpc) is 2.62. The molecule has 2 aromatic carbocycles. The summed E-state index contributed by atoms with van der Waals surface area (Å²) in [7, 11) is 1.93. The Bertz CT molecular complexity index is 902. The van der Waals surface area contributed by atoms with Crippen molar-refractivity contribution >= 4 is 23.2 Å². The molecule has 148 valence electrons. The molecule has 1 aliphatic rings. The lowest BCUT2D eigenvalue weighted by molar-refractivity contribution is -0.122. The number of nitrogens with zero attached hydrogens (tertiary/aromatic N) is 1. The van der Waals surface area contributed by atoms with E-state index < -0.39 is 6.10 Å². The number of benzene rings is 2. The summed E-state index contributed by atoms with van der Waals surface area (Å²) < 4.78 is 5.89. The van der Waals surface area contributed by atoms with E-state index in [-0.39, 0.29) is 17.4 Å². The minimum Gasteiger partial charge on any atom is -0.477 e. The fourth-order valence-corrected chi connectivity index (χ4v) is 3.18. The summed E-state index contributed by atoms with van der Waals surface area (Å²) in [4.78, 5) is 27.4. The van der Waals surface area contributed by atoms with Crippen LogP contribution in [0.25, 0.3) is 0 Å². The molecular weight excluding hydrogens is 354 g/mol. The number of hydrogen-bond acceptors (Lipinski definition) is 4. The number of likely N-dealkylation sites (N-methyl/N-ethyl adjacent to an activating group) is 1. The van der Waals surface area contributed by atoms with Crippen LogP contribution in [0.1, 0.15) is 36.7 Å². The van der Waals surface area contributed by atoms with Crippen LogP contribution in [0.4, 0.5) is 11.4 Å². The van der Waals surface area contributed by atoms with Gasteiger partial charge < -0.3 is 20.3 Å². The molecule has 2 N–H and O–H groups in total. The summed E-state index contributed by atoms with van der Waals surface area (Å²) in [6.07, 6.45) is -0.633. The molecule has 1 atom stereocenters. The van der Waals surface area contributed by atoms with Crippen molar-refractivity contribution in [2.75, 3.05) is 23.8 Å². The standard InChI is InChI=1S/C22H27N3O3/c1-14-15(20(26)24-22(2,3)4)9-8-10-16(14)23-21(27)19-13-25(5)17-11-6-7-12-18(17)28-19/h6-12,19H,13H2,1-5H3,(H,23,27)(H,24,26). The number of rotatable bonds is 3. The molecule has 0 aliphatic carbocycles. The van der Waals surface area contributed by atoms with Gasteiger partial charge in [0.1, 0.15) is 5.75 Å². The van der Waals surface area contributed by atoms with Crippen LogP contribution in [0.3, 0.4) is 0 Å². The van der Waals surface area contributed by atoms with E-state index in [9.17, 15) is 9.59 Å². The highest BCUT2D eigenvalue weighted by molar-refractivity contribution is 6.00. The van der Waals surface area contributed by atoms with E-state index in [4.69, 9.17) is 4.74 Å². The molecule has 1 aliphatic heterocycles. The zero-order valence-corrected chi connectivity index (χ0v) is 17.0. The topological polar surface area (TPSA) is 70.7 Å². The summed E-state index contributed by atoms with van der Waals surface area (Å²) in [5.74, 6) is 0.285. The van der Waals surface area contributed by atoms with Crippen molar-refractivity contribution in [1.82, 2.24) is 5.32 Å². The zero-order chi connectivity index (χ0) is 20.5. The van der Waals surface area contributed by atoms with E-state index in [1.807, 2.05) is 63.9 Å². The molecule has 3 rings (SSSR count). The molecule has 6 nitrogen and oxygen atoms in total. The highest BCUT2D eigenvalue weighted by Gasteiger charge is 2.29. The lowest BCUT2D eigenvalue weighted by Gasteiger charge is -2.33. The molecule has 0 bridgehead atoms. The van der Waals surface area contributed by atoms with Gasteiger partial charge in [-0.2, -0.15) is 0 Å². The smallest absolute Gasteiger partial charge is 0.267 e. The van der Waals surface area contributed by atoms with Crippen LogP contribution in [0.15, 0.2) is 42.5 Å². The molecule has 2 amide bonds. The van der Waals surface area contributed by atoms with Crippen molar-refractivity contribution in [3.8, 4) is 5.75 Å². The van der Waals surface area contributed by atoms with Crippen LogP contribution >= 0.6 is 0 Å². The maximum Gasteiger partial charge on any atom is 0.267 e. The van der Waals surface area contributed by atoms with E-state index >= 15 is 0 Å². The van der Waals surface area contributed by atoms with E-state index in [1.165, 1.54) is 0 Å². The minimum absolute atomic E-state index is 0.163. The van der Waals surface area contributed by atoms with Crippen LogP contribution in [-0.4, -0.2) is 37.0 Å². The summed E-state index contributed by atoms with van der Waals surface area (Å²) >= 11 is 0. The fourth-order valence-electron chi connectivity index (χ4n) is 3.18. The normalized spacial score (nSPS) is 16.0. The van der Waals surface area contributed by atoms with Crippen molar-refractivity contribution < 1.29 is 14.3 Å². The van der Waals surface area contributed by atoms with Gasteiger partial charge in [0.05, 0.1) is 12.2 Å². The minimum atomic E-state index is -0.633. The van der Waals surface area contributed by atoms with Gasteiger partial charge in [-0.3, -0.25) is 9.59 Å². The number of anilines is 2. The highest BCUT2D eigenvalue weighted by atomic mass is 16.5. The molecule has 0 fully saturated rings. The number of hydrogen-bond donors (Lipinski definition) is 2. The molecule has 2 aromatic rings. The maximum absolute atomic E-state index is 12.8. The molecule has 6 heteroatoms. The van der Waals surface area contributed by atoms with Gasteiger partial charge in [-0.1, -0.05) is 18.2 Å². The Morgan fingerprint density at radius 1 is 1.11 bits per heavy atom. The molecular formula is C22H27N3O3. The van der Waals surface area contributed by atoms with Gasteiger partial charge in [-0.25, -0.2) is 0 Å². The van der Waals surface area contributed by atoms with E-state index in [2.05, 4.69) is 10.6 Å². The van der Waals surface area contributed by atoms with Gasteiger partial charge in [0, 0.05) is 23.8 Å². The van der Waals surface area contributed by atoms with Gasteiger partial charge in [-0.15, -0.1) is 0 Å². The number of amides is 2. The second kappa shape index (κ2) is 7.54. The third kappa shape index (κ3) is 4.27. The molecule has 1 unspecified atom stereocenters. The van der Waals surface area contributed by atoms with Gasteiger partial charge >= 0.3 is 0 Å². The van der Waals surface area contributed by atoms with Gasteiger partial charge in [0.15, 0.2) is 6.10 Å². The van der Waals surface area contributed by atoms with Crippen LogP contribution in [-0.2, 0) is 4.79 Å². The molecule has 0 spiro atoms. The van der Waals surface area contributed by atoms with Crippen LogP contribution in [0, 0.1) is 6.92 Å². The summed E-state index contributed by atoms with van der Waals surface area (Å²) in [5, 5.41) is 5.87. The number of carbonyl (C=O) groups is 2. The first kappa shape index (κ1) is 19.7. The molecule has 28 heavy (non-hydrogen) atoms. The van der Waals surface area contributed by atoms with Crippen molar-refractivity contribution in [2.45, 2.75) is 39.3 Å². The van der Waals surface area contributed by atoms with Crippen LogP contribution in [0.2, 0.25) is 0 Å². The Labute approximate surface area is 165 Å². The third-order valence-corrected chi connectivity index (χ3v) is 4.60. The molecule has 0 aromatic heterocycles. The first-order valence-electron chi connectivity index (χ1n) is 9.35. The molecule has 1 heterocycles. The molecule has 0 radical (unpaired) electrons. The number of nitrogens with one attached hydrogen (secondary N) is 2. The van der Waals surface area contributed by atoms with Crippen molar-refractivity contribution in [1.29, 1.82) is 0 Å². The first-order valence-corrected chi connectivity index (χ1v) is 9.35. The Balaban J connectivity index is 1.76. The number of fused-ring (bicyclic) bond motifs is 1. The van der Waals surface area contributed by atoms with Crippen LogP contribution < -0.4 is 20.3 Å².